The molecule has 0 fully saturated rings. The second-order valence-electron chi connectivity index (χ2n) is 8.86. The number of fused-ring (bicyclic) bond motifs is 2. The Hall–Kier alpha value is -2.88. The number of carbonyl (C=O) groups excluding carboxylic acids is 2. The Labute approximate surface area is 173 Å². The summed E-state index contributed by atoms with van der Waals surface area (Å²) in [6.45, 7) is 17.7. The van der Waals surface area contributed by atoms with Gasteiger partial charge >= 0.3 is 0 Å². The van der Waals surface area contributed by atoms with Gasteiger partial charge in [0.05, 0.1) is 17.5 Å². The standard InChI is InChI=1S/C25H30N2O2/c1-15(2)25(5,6)14-26-16(3)17(4)27-21-13-9-12-20-22(21)24(29)19-11-8-7-10-18(19)23(20)28/h7-13,15,20,22,26-27H,3-4,14H2,1-2,5-6H3. The second kappa shape index (κ2) is 7.86. The molecule has 2 aliphatic carbocycles. The molecular weight excluding hydrogens is 360 g/mol. The molecule has 29 heavy (non-hydrogen) atoms. The van der Waals surface area contributed by atoms with Gasteiger partial charge in [-0.2, -0.15) is 0 Å². The quantitative estimate of drug-likeness (QED) is 0.666. The summed E-state index contributed by atoms with van der Waals surface area (Å²) in [4.78, 5) is 26.1. The molecule has 2 unspecified atom stereocenters. The van der Waals surface area contributed by atoms with E-state index < -0.39 is 11.8 Å². The van der Waals surface area contributed by atoms with Crippen molar-refractivity contribution in [3.63, 3.8) is 0 Å². The zero-order chi connectivity index (χ0) is 21.3. The van der Waals surface area contributed by atoms with E-state index in [4.69, 9.17) is 0 Å². The Morgan fingerprint density at radius 2 is 1.69 bits per heavy atom. The third-order valence-corrected chi connectivity index (χ3v) is 6.31. The first kappa shape index (κ1) is 20.8. The smallest absolute Gasteiger partial charge is 0.173 e. The monoisotopic (exact) mass is 390 g/mol. The number of ketones is 2. The van der Waals surface area contributed by atoms with Crippen LogP contribution >= 0.6 is 0 Å². The van der Waals surface area contributed by atoms with Crippen LogP contribution in [0.1, 0.15) is 48.4 Å². The molecule has 0 saturated carbocycles. The number of hydrogen-bond donors (Lipinski definition) is 2. The predicted octanol–water partition coefficient (Wildman–Crippen LogP) is 4.64. The van der Waals surface area contributed by atoms with E-state index in [0.717, 1.165) is 6.54 Å². The molecule has 0 heterocycles. The van der Waals surface area contributed by atoms with E-state index >= 15 is 0 Å². The molecule has 152 valence electrons. The van der Waals surface area contributed by atoms with Crippen molar-refractivity contribution in [2.75, 3.05) is 6.54 Å². The lowest BCUT2D eigenvalue weighted by Gasteiger charge is -2.34. The van der Waals surface area contributed by atoms with E-state index in [1.54, 1.807) is 24.3 Å². The Morgan fingerprint density at radius 3 is 2.31 bits per heavy atom. The summed E-state index contributed by atoms with van der Waals surface area (Å²) in [6, 6.07) is 7.04. The molecule has 1 aromatic carbocycles. The summed E-state index contributed by atoms with van der Waals surface area (Å²) in [5.41, 5.74) is 3.07. The number of allylic oxidation sites excluding steroid dienone is 4. The molecule has 2 aliphatic rings. The van der Waals surface area contributed by atoms with Crippen LogP contribution in [0.2, 0.25) is 0 Å². The molecule has 4 heteroatoms. The van der Waals surface area contributed by atoms with Gasteiger partial charge in [0.25, 0.3) is 0 Å². The van der Waals surface area contributed by atoms with Crippen molar-refractivity contribution in [1.29, 1.82) is 0 Å². The number of benzene rings is 1. The third kappa shape index (κ3) is 3.98. The van der Waals surface area contributed by atoms with Gasteiger partial charge in [-0.05, 0) is 17.4 Å². The molecule has 4 nitrogen and oxygen atoms in total. The summed E-state index contributed by atoms with van der Waals surface area (Å²) >= 11 is 0. The van der Waals surface area contributed by atoms with Gasteiger partial charge < -0.3 is 10.6 Å². The van der Waals surface area contributed by atoms with E-state index in [1.807, 2.05) is 18.2 Å². The SMILES string of the molecule is C=C(NCC(C)(C)C(C)C)C(=C)NC1=CC=CC2C(=O)c3ccccc3C(=O)C12. The van der Waals surface area contributed by atoms with Crippen molar-refractivity contribution in [3.8, 4) is 0 Å². The Bertz CT molecular complexity index is 934. The van der Waals surface area contributed by atoms with Crippen LogP contribution in [0, 0.1) is 23.2 Å². The van der Waals surface area contributed by atoms with E-state index in [9.17, 15) is 9.59 Å². The minimum atomic E-state index is -0.556. The Kier molecular flexibility index (Phi) is 5.65. The first-order valence-electron chi connectivity index (χ1n) is 10.1. The minimum absolute atomic E-state index is 0.0184. The van der Waals surface area contributed by atoms with Gasteiger partial charge in [-0.1, -0.05) is 77.3 Å². The van der Waals surface area contributed by atoms with Gasteiger partial charge in [0.15, 0.2) is 11.6 Å². The fourth-order valence-electron chi connectivity index (χ4n) is 3.50. The number of rotatable bonds is 7. The molecule has 0 amide bonds. The molecule has 0 spiro atoms. The highest BCUT2D eigenvalue weighted by atomic mass is 16.1. The minimum Gasteiger partial charge on any atom is -0.383 e. The normalized spacial score (nSPS) is 20.7. The fourth-order valence-corrected chi connectivity index (χ4v) is 3.50. The average molecular weight is 391 g/mol. The summed E-state index contributed by atoms with van der Waals surface area (Å²) in [6.07, 6.45) is 5.48. The molecule has 0 bridgehead atoms. The van der Waals surface area contributed by atoms with Gasteiger partial charge in [0.1, 0.15) is 0 Å². The van der Waals surface area contributed by atoms with E-state index in [-0.39, 0.29) is 17.0 Å². The molecule has 1 aromatic rings. The number of carbonyl (C=O) groups is 2. The topological polar surface area (TPSA) is 58.2 Å². The van der Waals surface area contributed by atoms with Crippen molar-refractivity contribution in [2.24, 2.45) is 23.2 Å². The molecule has 3 rings (SSSR count). The van der Waals surface area contributed by atoms with Crippen LogP contribution in [-0.4, -0.2) is 18.1 Å². The molecule has 2 N–H and O–H groups in total. The van der Waals surface area contributed by atoms with Crippen LogP contribution in [-0.2, 0) is 0 Å². The second-order valence-corrected chi connectivity index (χ2v) is 8.86. The highest BCUT2D eigenvalue weighted by molar-refractivity contribution is 6.17. The van der Waals surface area contributed by atoms with Gasteiger partial charge in [0.2, 0.25) is 0 Å². The van der Waals surface area contributed by atoms with Crippen LogP contribution in [0.3, 0.4) is 0 Å². The predicted molar refractivity (Wildman–Crippen MR) is 117 cm³/mol. The molecule has 0 aliphatic heterocycles. The molecule has 0 radical (unpaired) electrons. The average Bonchev–Trinajstić information content (AvgIpc) is 2.70. The first-order valence-corrected chi connectivity index (χ1v) is 10.1. The zero-order valence-corrected chi connectivity index (χ0v) is 17.7. The number of Topliss-reactive ketones (excluding diaryl/α,β-unsaturated/α-hetero) is 2. The molecular formula is C25H30N2O2. The van der Waals surface area contributed by atoms with E-state index in [2.05, 4.69) is 51.5 Å². The van der Waals surface area contributed by atoms with Crippen LogP contribution in [0.15, 0.2) is 72.7 Å². The van der Waals surface area contributed by atoms with Gasteiger partial charge in [-0.3, -0.25) is 9.59 Å². The van der Waals surface area contributed by atoms with Crippen LogP contribution in [0.4, 0.5) is 0 Å². The van der Waals surface area contributed by atoms with Crippen LogP contribution in [0.5, 0.6) is 0 Å². The Morgan fingerprint density at radius 1 is 1.07 bits per heavy atom. The third-order valence-electron chi connectivity index (χ3n) is 6.31. The van der Waals surface area contributed by atoms with Crippen molar-refractivity contribution in [3.05, 3.63) is 83.9 Å². The molecule has 0 saturated heterocycles. The van der Waals surface area contributed by atoms with E-state index in [0.29, 0.717) is 34.1 Å². The van der Waals surface area contributed by atoms with E-state index in [1.165, 1.54) is 0 Å². The number of nitrogens with one attached hydrogen (secondary N) is 2. The Balaban J connectivity index is 1.75. The largest absolute Gasteiger partial charge is 0.383 e. The molecule has 0 aromatic heterocycles. The summed E-state index contributed by atoms with van der Waals surface area (Å²) < 4.78 is 0. The highest BCUT2D eigenvalue weighted by Crippen LogP contribution is 2.37. The summed E-state index contributed by atoms with van der Waals surface area (Å²) in [5.74, 6) is -0.588. The summed E-state index contributed by atoms with van der Waals surface area (Å²) in [7, 11) is 0. The van der Waals surface area contributed by atoms with Crippen molar-refractivity contribution < 1.29 is 9.59 Å². The van der Waals surface area contributed by atoms with Crippen molar-refractivity contribution in [2.45, 2.75) is 27.7 Å². The lowest BCUT2D eigenvalue weighted by atomic mass is 9.71. The maximum absolute atomic E-state index is 13.2. The van der Waals surface area contributed by atoms with Gasteiger partial charge in [-0.25, -0.2) is 0 Å². The maximum Gasteiger partial charge on any atom is 0.173 e. The maximum atomic E-state index is 13.2. The molecule has 2 atom stereocenters. The zero-order valence-electron chi connectivity index (χ0n) is 17.7. The van der Waals surface area contributed by atoms with Gasteiger partial charge in [0, 0.05) is 29.1 Å². The van der Waals surface area contributed by atoms with Crippen molar-refractivity contribution >= 4 is 11.6 Å². The van der Waals surface area contributed by atoms with Crippen molar-refractivity contribution in [1.82, 2.24) is 10.6 Å². The summed E-state index contributed by atoms with van der Waals surface area (Å²) in [5, 5.41) is 6.59. The van der Waals surface area contributed by atoms with Crippen LogP contribution < -0.4 is 10.6 Å². The lowest BCUT2D eigenvalue weighted by Crippen LogP contribution is -2.41. The first-order chi connectivity index (χ1) is 13.6. The fraction of sp³-hybridized carbons (Fsp3) is 0.360. The van der Waals surface area contributed by atoms with Gasteiger partial charge in [-0.15, -0.1) is 0 Å². The highest BCUT2D eigenvalue weighted by Gasteiger charge is 2.43. The van der Waals surface area contributed by atoms with Crippen LogP contribution in [0.25, 0.3) is 0 Å². The lowest BCUT2D eigenvalue weighted by molar-refractivity contribution is 0.0790. The number of hydrogen-bond acceptors (Lipinski definition) is 4.